The van der Waals surface area contributed by atoms with E-state index in [1.807, 2.05) is 0 Å². The molecule has 4 aromatic rings. The number of benzene rings is 2. The van der Waals surface area contributed by atoms with Crippen molar-refractivity contribution in [3.8, 4) is 35.4 Å². The zero-order valence-electron chi connectivity index (χ0n) is 35.0. The summed E-state index contributed by atoms with van der Waals surface area (Å²) in [5.74, 6) is -1.09. The van der Waals surface area contributed by atoms with Crippen LogP contribution in [0.4, 0.5) is 23.8 Å². The molecule has 4 aliphatic rings. The molecule has 0 amide bonds. The molecule has 4 aliphatic heterocycles. The highest BCUT2D eigenvalue weighted by molar-refractivity contribution is 6.03. The number of esters is 2. The number of piperazine rings is 1. The number of carbonyl (C=O) groups is 3. The van der Waals surface area contributed by atoms with Gasteiger partial charge in [0.25, 0.3) is 0 Å². The van der Waals surface area contributed by atoms with Crippen LogP contribution in [0.5, 0.6) is 11.8 Å². The Morgan fingerprint density at radius 3 is 2.39 bits per heavy atom. The summed E-state index contributed by atoms with van der Waals surface area (Å²) < 4.78 is 75.3. The van der Waals surface area contributed by atoms with Gasteiger partial charge in [-0.25, -0.2) is 18.0 Å². The van der Waals surface area contributed by atoms with Crippen LogP contribution in [-0.2, 0) is 23.8 Å². The van der Waals surface area contributed by atoms with Crippen molar-refractivity contribution in [3.63, 3.8) is 0 Å². The summed E-state index contributed by atoms with van der Waals surface area (Å²) in [7, 11) is 0. The predicted molar refractivity (Wildman–Crippen MR) is 221 cm³/mol. The van der Waals surface area contributed by atoms with Gasteiger partial charge >= 0.3 is 24.1 Å². The molecule has 2 unspecified atom stereocenters. The van der Waals surface area contributed by atoms with Crippen molar-refractivity contribution in [1.29, 1.82) is 0 Å². The fraction of sp³-hybridized carbons (Fsp3) is 0.511. The lowest BCUT2D eigenvalue weighted by atomic mass is 9.95. The van der Waals surface area contributed by atoms with Gasteiger partial charge in [-0.3, -0.25) is 19.5 Å². The van der Waals surface area contributed by atoms with E-state index in [1.165, 1.54) is 24.4 Å². The molecule has 0 radical (unpaired) electrons. The fourth-order valence-corrected chi connectivity index (χ4v) is 8.99. The van der Waals surface area contributed by atoms with Crippen molar-refractivity contribution >= 4 is 45.6 Å². The van der Waals surface area contributed by atoms with Crippen molar-refractivity contribution < 1.29 is 51.2 Å². The van der Waals surface area contributed by atoms with Gasteiger partial charge in [0, 0.05) is 55.3 Å². The monoisotopic (exact) mass is 858 g/mol. The Morgan fingerprint density at radius 2 is 1.71 bits per heavy atom. The first-order chi connectivity index (χ1) is 29.7. The quantitative estimate of drug-likeness (QED) is 0.0694. The predicted octanol–water partition coefficient (Wildman–Crippen LogP) is 6.28. The summed E-state index contributed by atoms with van der Waals surface area (Å²) in [6.07, 6.45) is 7.74. The molecule has 0 saturated carbocycles. The average molecular weight is 859 g/mol. The summed E-state index contributed by atoms with van der Waals surface area (Å²) in [6, 6.07) is 5.56. The Balaban J connectivity index is 1.17. The second-order valence-electron chi connectivity index (χ2n) is 17.2. The standard InChI is InChI=1S/C45H49F3N6O8/c1-6-32-35(47)11-8-26-14-30(61-44(57)62-31(21-58-41(55)24(2)3)22-59-42(56)25(4)5)15-33(36(26)32)38-37(48)39-34(17-49-38)40(53-19-28-9-10-29(20-53)50-28)52-43(51-39)60-23-45-12-7-13-54(45)18-27(46)16-45/h1,8,11,14-15,17,24-25,27-29,31,50H,7,9-10,12-13,16,18-23H2,2-5H3/t27-,28?,29?,45+/m1/s1. The minimum atomic E-state index is -1.27. The summed E-state index contributed by atoms with van der Waals surface area (Å²) in [4.78, 5) is 55.9. The van der Waals surface area contributed by atoms with Gasteiger partial charge in [-0.05, 0) is 55.8 Å². The topological polar surface area (TPSA) is 155 Å². The van der Waals surface area contributed by atoms with Gasteiger partial charge in [-0.15, -0.1) is 6.42 Å². The van der Waals surface area contributed by atoms with Gasteiger partial charge in [0.15, 0.2) is 11.9 Å². The maximum absolute atomic E-state index is 17.4. The van der Waals surface area contributed by atoms with Gasteiger partial charge in [0.1, 0.15) is 54.6 Å². The average Bonchev–Trinajstić information content (AvgIpc) is 3.90. The van der Waals surface area contributed by atoms with Gasteiger partial charge < -0.3 is 33.9 Å². The Hall–Kier alpha value is -5.73. The van der Waals surface area contributed by atoms with Crippen molar-refractivity contribution in [2.45, 2.75) is 89.7 Å². The number of fused-ring (bicyclic) bond motifs is 5. The number of aromatic nitrogens is 3. The number of rotatable bonds is 13. The Bertz CT molecular complexity index is 2410. The molecule has 2 aromatic carbocycles. The molecule has 4 fully saturated rings. The maximum atomic E-state index is 17.4. The summed E-state index contributed by atoms with van der Waals surface area (Å²) in [6.45, 7) is 8.08. The van der Waals surface area contributed by atoms with E-state index in [0.717, 1.165) is 38.3 Å². The number of anilines is 1. The van der Waals surface area contributed by atoms with Crippen LogP contribution >= 0.6 is 0 Å². The zero-order chi connectivity index (χ0) is 43.9. The number of nitrogens with zero attached hydrogens (tertiary/aromatic N) is 5. The number of pyridine rings is 1. The Labute approximate surface area is 356 Å². The third kappa shape index (κ3) is 8.67. The molecule has 2 aromatic heterocycles. The second kappa shape index (κ2) is 17.6. The third-order valence-electron chi connectivity index (χ3n) is 12.1. The van der Waals surface area contributed by atoms with Crippen molar-refractivity contribution in [2.75, 3.05) is 50.9 Å². The number of ether oxygens (including phenoxy) is 5. The highest BCUT2D eigenvalue weighted by atomic mass is 19.1. The molecule has 14 nitrogen and oxygen atoms in total. The normalized spacial score (nSPS) is 22.1. The van der Waals surface area contributed by atoms with Crippen molar-refractivity contribution in [2.24, 2.45) is 11.8 Å². The van der Waals surface area contributed by atoms with E-state index in [2.05, 4.69) is 31.0 Å². The summed E-state index contributed by atoms with van der Waals surface area (Å²) >= 11 is 0. The first-order valence-electron chi connectivity index (χ1n) is 21.1. The smallest absolute Gasteiger partial charge is 0.461 e. The lowest BCUT2D eigenvalue weighted by Gasteiger charge is -2.34. The van der Waals surface area contributed by atoms with Crippen LogP contribution < -0.4 is 19.7 Å². The largest absolute Gasteiger partial charge is 0.514 e. The van der Waals surface area contributed by atoms with E-state index in [1.54, 1.807) is 27.7 Å². The SMILES string of the molecule is C#Cc1c(F)ccc2cc(OC(=O)OC(COC(=O)C(C)C)COC(=O)C(C)C)cc(-c3ncc4c(N5CC6CCC(C5)N6)nc(OC[C@@]56CCCN5C[C@H](F)C6)nc4c3F)c12. The van der Waals surface area contributed by atoms with Crippen LogP contribution in [0.1, 0.15) is 65.4 Å². The van der Waals surface area contributed by atoms with Gasteiger partial charge in [-0.2, -0.15) is 9.97 Å². The minimum Gasteiger partial charge on any atom is -0.461 e. The lowest BCUT2D eigenvalue weighted by molar-refractivity contribution is -0.156. The zero-order valence-corrected chi connectivity index (χ0v) is 35.0. The molecular formula is C45H49F3N6O8. The van der Waals surface area contributed by atoms with E-state index in [0.29, 0.717) is 37.3 Å². The number of nitrogens with one attached hydrogen (secondary N) is 1. The molecule has 6 heterocycles. The van der Waals surface area contributed by atoms with Crippen LogP contribution in [0.2, 0.25) is 0 Å². The highest BCUT2D eigenvalue weighted by Gasteiger charge is 2.49. The van der Waals surface area contributed by atoms with E-state index in [-0.39, 0.29) is 63.6 Å². The van der Waals surface area contributed by atoms with Gasteiger partial charge in [0.05, 0.1) is 28.3 Å². The second-order valence-corrected chi connectivity index (χ2v) is 17.2. The van der Waals surface area contributed by atoms with E-state index in [9.17, 15) is 18.8 Å². The van der Waals surface area contributed by atoms with Crippen molar-refractivity contribution in [3.05, 3.63) is 47.7 Å². The lowest BCUT2D eigenvalue weighted by Crippen LogP contribution is -2.51. The summed E-state index contributed by atoms with van der Waals surface area (Å²) in [5.41, 5.74) is -1.12. The van der Waals surface area contributed by atoms with Crippen LogP contribution in [-0.4, -0.2) is 114 Å². The van der Waals surface area contributed by atoms with Crippen LogP contribution in [0.3, 0.4) is 0 Å². The Morgan fingerprint density at radius 1 is 1.00 bits per heavy atom. The molecule has 17 heteroatoms. The first-order valence-corrected chi connectivity index (χ1v) is 21.1. The molecule has 1 N–H and O–H groups in total. The van der Waals surface area contributed by atoms with Crippen LogP contribution in [0, 0.1) is 35.8 Å². The number of hydrogen-bond acceptors (Lipinski definition) is 14. The number of hydrogen-bond donors (Lipinski definition) is 1. The van der Waals surface area contributed by atoms with Gasteiger partial charge in [0.2, 0.25) is 0 Å². The number of alkyl halides is 1. The molecule has 0 spiro atoms. The molecule has 4 atom stereocenters. The van der Waals surface area contributed by atoms with Crippen LogP contribution in [0.25, 0.3) is 32.9 Å². The molecular weight excluding hydrogens is 810 g/mol. The van der Waals surface area contributed by atoms with E-state index < -0.39 is 72.6 Å². The molecule has 2 bridgehead atoms. The minimum absolute atomic E-state index is 0.0197. The molecule has 8 rings (SSSR count). The van der Waals surface area contributed by atoms with Crippen LogP contribution in [0.15, 0.2) is 30.5 Å². The highest BCUT2D eigenvalue weighted by Crippen LogP contribution is 2.42. The molecule has 328 valence electrons. The third-order valence-corrected chi connectivity index (χ3v) is 12.1. The number of carbonyl (C=O) groups excluding carboxylic acids is 3. The van der Waals surface area contributed by atoms with Gasteiger partial charge in [-0.1, -0.05) is 39.7 Å². The molecule has 62 heavy (non-hydrogen) atoms. The fourth-order valence-electron chi connectivity index (χ4n) is 8.99. The Kier molecular flexibility index (Phi) is 12.2. The number of terminal acetylenes is 1. The molecule has 4 saturated heterocycles. The van der Waals surface area contributed by atoms with Crippen molar-refractivity contribution in [1.82, 2.24) is 25.2 Å². The number of halogens is 3. The van der Waals surface area contributed by atoms with E-state index >= 15 is 8.78 Å². The maximum Gasteiger partial charge on any atom is 0.514 e. The first kappa shape index (κ1) is 42.9. The molecule has 0 aliphatic carbocycles. The van der Waals surface area contributed by atoms with E-state index in [4.69, 9.17) is 35.1 Å². The summed E-state index contributed by atoms with van der Waals surface area (Å²) in [5, 5.41) is 4.31.